The van der Waals surface area contributed by atoms with E-state index in [1.54, 1.807) is 24.3 Å². The first-order valence-corrected chi connectivity index (χ1v) is 8.81. The number of pyridine rings is 2. The average Bonchev–Trinajstić information content (AvgIpc) is 2.75. The van der Waals surface area contributed by atoms with Gasteiger partial charge in [-0.3, -0.25) is 19.6 Å². The number of rotatable bonds is 6. The fraction of sp³-hybridized carbons (Fsp3) is 0.143. The van der Waals surface area contributed by atoms with Crippen molar-refractivity contribution in [3.05, 3.63) is 89.5 Å². The monoisotopic (exact) mass is 396 g/mol. The number of likely N-dealkylation sites (N-methyl/N-ethyl adjacent to an activating group) is 1. The van der Waals surface area contributed by atoms with Gasteiger partial charge in [-0.1, -0.05) is 0 Å². The van der Waals surface area contributed by atoms with Crippen molar-refractivity contribution in [2.75, 3.05) is 18.9 Å². The Balaban J connectivity index is 1.66. The Kier molecular flexibility index (Phi) is 6.23. The molecule has 3 rings (SSSR count). The van der Waals surface area contributed by atoms with Crippen LogP contribution in [0.1, 0.15) is 26.4 Å². The molecule has 0 bridgehead atoms. The zero-order valence-electron chi connectivity index (χ0n) is 15.6. The van der Waals surface area contributed by atoms with Gasteiger partial charge in [0.2, 0.25) is 0 Å². The zero-order chi connectivity index (χ0) is 20.8. The fourth-order valence-electron chi connectivity index (χ4n) is 2.62. The number of anilines is 1. The Hall–Kier alpha value is -3.68. The van der Waals surface area contributed by atoms with E-state index in [0.717, 1.165) is 17.7 Å². The maximum Gasteiger partial charge on any atom is 0.274 e. The minimum Gasteiger partial charge on any atom is -0.341 e. The van der Waals surface area contributed by atoms with Gasteiger partial charge < -0.3 is 10.2 Å². The maximum atomic E-state index is 13.3. The number of benzene rings is 1. The Labute approximate surface area is 166 Å². The smallest absolute Gasteiger partial charge is 0.274 e. The van der Waals surface area contributed by atoms with Crippen LogP contribution in [0.4, 0.5) is 14.5 Å². The quantitative estimate of drug-likeness (QED) is 0.694. The number of halogens is 2. The van der Waals surface area contributed by atoms with Crippen molar-refractivity contribution in [1.29, 1.82) is 0 Å². The van der Waals surface area contributed by atoms with Gasteiger partial charge in [0.1, 0.15) is 5.69 Å². The van der Waals surface area contributed by atoms with Crippen molar-refractivity contribution in [2.45, 2.75) is 6.42 Å². The number of hydrogen-bond acceptors (Lipinski definition) is 4. The van der Waals surface area contributed by atoms with Crippen LogP contribution >= 0.6 is 0 Å². The second-order valence-electron chi connectivity index (χ2n) is 6.34. The molecule has 0 aliphatic rings. The molecule has 3 aromatic rings. The van der Waals surface area contributed by atoms with E-state index in [1.807, 2.05) is 12.1 Å². The van der Waals surface area contributed by atoms with Crippen LogP contribution < -0.4 is 5.32 Å². The number of hydrogen-bond donors (Lipinski definition) is 1. The van der Waals surface area contributed by atoms with Gasteiger partial charge >= 0.3 is 0 Å². The highest BCUT2D eigenvalue weighted by Crippen LogP contribution is 2.14. The first kappa shape index (κ1) is 20.1. The number of carbonyl (C=O) groups is 2. The van der Waals surface area contributed by atoms with Crippen molar-refractivity contribution < 1.29 is 18.4 Å². The third-order valence-corrected chi connectivity index (χ3v) is 4.25. The van der Waals surface area contributed by atoms with Gasteiger partial charge in [-0.2, -0.15) is 0 Å². The van der Waals surface area contributed by atoms with Crippen LogP contribution in [0.2, 0.25) is 0 Å². The van der Waals surface area contributed by atoms with Crippen LogP contribution in [0.5, 0.6) is 0 Å². The lowest BCUT2D eigenvalue weighted by atomic mass is 10.1. The molecule has 0 saturated heterocycles. The summed E-state index contributed by atoms with van der Waals surface area (Å²) >= 11 is 0. The highest BCUT2D eigenvalue weighted by Gasteiger charge is 2.16. The van der Waals surface area contributed by atoms with Gasteiger partial charge in [0.05, 0.1) is 0 Å². The predicted octanol–water partition coefficient (Wildman–Crippen LogP) is 3.32. The normalized spacial score (nSPS) is 10.4. The van der Waals surface area contributed by atoms with Gasteiger partial charge in [0.25, 0.3) is 11.8 Å². The molecule has 1 aromatic carbocycles. The second-order valence-corrected chi connectivity index (χ2v) is 6.34. The van der Waals surface area contributed by atoms with Gasteiger partial charge in [-0.05, 0) is 48.4 Å². The summed E-state index contributed by atoms with van der Waals surface area (Å²) < 4.78 is 26.3. The molecule has 2 aromatic heterocycles. The van der Waals surface area contributed by atoms with Crippen LogP contribution in [-0.2, 0) is 6.42 Å². The third-order valence-electron chi connectivity index (χ3n) is 4.25. The maximum absolute atomic E-state index is 13.3. The summed E-state index contributed by atoms with van der Waals surface area (Å²) in [5, 5.41) is 2.43. The summed E-state index contributed by atoms with van der Waals surface area (Å²) in [6.07, 6.45) is 5.40. The zero-order valence-corrected chi connectivity index (χ0v) is 15.6. The highest BCUT2D eigenvalue weighted by atomic mass is 19.2. The van der Waals surface area contributed by atoms with Crippen molar-refractivity contribution in [3.63, 3.8) is 0 Å². The molecule has 2 amide bonds. The molecule has 0 saturated carbocycles. The average molecular weight is 396 g/mol. The minimum atomic E-state index is -1.07. The molecular formula is C21H18F2N4O2. The lowest BCUT2D eigenvalue weighted by Crippen LogP contribution is -2.29. The highest BCUT2D eigenvalue weighted by molar-refractivity contribution is 6.04. The first-order valence-electron chi connectivity index (χ1n) is 8.81. The molecule has 0 atom stereocenters. The summed E-state index contributed by atoms with van der Waals surface area (Å²) in [5.41, 5.74) is 1.43. The van der Waals surface area contributed by atoms with Crippen molar-refractivity contribution in [3.8, 4) is 0 Å². The Morgan fingerprint density at radius 1 is 1.00 bits per heavy atom. The van der Waals surface area contributed by atoms with E-state index in [9.17, 15) is 18.4 Å². The standard InChI is InChI=1S/C21H18F2N4O2/c1-27(11-7-14-4-8-24-9-5-14)21(29)15-6-10-25-19(12-15)20(28)26-16-2-3-17(22)18(23)13-16/h2-6,8-10,12-13H,7,11H2,1H3,(H,26,28). The summed E-state index contributed by atoms with van der Waals surface area (Å²) in [7, 11) is 1.67. The largest absolute Gasteiger partial charge is 0.341 e. The Morgan fingerprint density at radius 2 is 1.76 bits per heavy atom. The molecule has 148 valence electrons. The topological polar surface area (TPSA) is 75.2 Å². The number of aromatic nitrogens is 2. The fourth-order valence-corrected chi connectivity index (χ4v) is 2.62. The summed E-state index contributed by atoms with van der Waals surface area (Å²) in [6.45, 7) is 0.488. The van der Waals surface area contributed by atoms with E-state index in [1.165, 1.54) is 24.4 Å². The van der Waals surface area contributed by atoms with Gasteiger partial charge in [0, 0.05) is 49.5 Å². The van der Waals surface area contributed by atoms with Crippen LogP contribution in [0, 0.1) is 11.6 Å². The first-order chi connectivity index (χ1) is 13.9. The molecule has 6 nitrogen and oxygen atoms in total. The van der Waals surface area contributed by atoms with E-state index < -0.39 is 17.5 Å². The van der Waals surface area contributed by atoms with E-state index >= 15 is 0 Å². The number of nitrogens with zero attached hydrogens (tertiary/aromatic N) is 3. The summed E-state index contributed by atoms with van der Waals surface area (Å²) in [6, 6.07) is 9.65. The molecule has 8 heteroatoms. The molecule has 0 unspecified atom stereocenters. The summed E-state index contributed by atoms with van der Waals surface area (Å²) in [4.78, 5) is 34.4. The number of nitrogens with one attached hydrogen (secondary N) is 1. The molecule has 29 heavy (non-hydrogen) atoms. The van der Waals surface area contributed by atoms with E-state index in [0.29, 0.717) is 18.5 Å². The number of amides is 2. The predicted molar refractivity (Wildman–Crippen MR) is 103 cm³/mol. The van der Waals surface area contributed by atoms with E-state index in [2.05, 4.69) is 15.3 Å². The molecule has 0 aliphatic heterocycles. The molecule has 0 radical (unpaired) electrons. The van der Waals surface area contributed by atoms with Crippen LogP contribution in [0.3, 0.4) is 0 Å². The molecule has 0 fully saturated rings. The van der Waals surface area contributed by atoms with Crippen molar-refractivity contribution >= 4 is 17.5 Å². The molecule has 2 heterocycles. The SMILES string of the molecule is CN(CCc1ccncc1)C(=O)c1ccnc(C(=O)Nc2ccc(F)c(F)c2)c1. The van der Waals surface area contributed by atoms with E-state index in [4.69, 9.17) is 0 Å². The molecular weight excluding hydrogens is 378 g/mol. The van der Waals surface area contributed by atoms with E-state index in [-0.39, 0.29) is 17.3 Å². The van der Waals surface area contributed by atoms with Crippen LogP contribution in [0.25, 0.3) is 0 Å². The van der Waals surface area contributed by atoms with Gasteiger partial charge in [0.15, 0.2) is 11.6 Å². The second kappa shape index (κ2) is 9.01. The molecule has 0 spiro atoms. The Bertz CT molecular complexity index is 1030. The van der Waals surface area contributed by atoms with Crippen molar-refractivity contribution in [1.82, 2.24) is 14.9 Å². The molecule has 0 aliphatic carbocycles. The minimum absolute atomic E-state index is 0.0110. The summed E-state index contributed by atoms with van der Waals surface area (Å²) in [5.74, 6) is -2.98. The van der Waals surface area contributed by atoms with Crippen LogP contribution in [-0.4, -0.2) is 40.3 Å². The third kappa shape index (κ3) is 5.19. The lowest BCUT2D eigenvalue weighted by Gasteiger charge is -2.17. The van der Waals surface area contributed by atoms with Gasteiger partial charge in [-0.15, -0.1) is 0 Å². The number of carbonyl (C=O) groups excluding carboxylic acids is 2. The lowest BCUT2D eigenvalue weighted by molar-refractivity contribution is 0.0796. The molecule has 1 N–H and O–H groups in total. The van der Waals surface area contributed by atoms with Gasteiger partial charge in [-0.25, -0.2) is 8.78 Å². The Morgan fingerprint density at radius 3 is 2.48 bits per heavy atom. The van der Waals surface area contributed by atoms with Crippen molar-refractivity contribution in [2.24, 2.45) is 0 Å². The van der Waals surface area contributed by atoms with Crippen LogP contribution in [0.15, 0.2) is 61.1 Å².